The van der Waals surface area contributed by atoms with Crippen molar-refractivity contribution in [2.45, 2.75) is 31.1 Å². The molecule has 1 heterocycles. The van der Waals surface area contributed by atoms with Crippen molar-refractivity contribution in [1.29, 1.82) is 0 Å². The van der Waals surface area contributed by atoms with Gasteiger partial charge in [-0.1, -0.05) is 35.9 Å². The van der Waals surface area contributed by atoms with Crippen LogP contribution in [0.25, 0.3) is 0 Å². The van der Waals surface area contributed by atoms with E-state index in [1.165, 1.54) is 0 Å². The lowest BCUT2D eigenvalue weighted by Crippen LogP contribution is -2.28. The van der Waals surface area contributed by atoms with Crippen LogP contribution in [0.1, 0.15) is 36.1 Å². The zero-order valence-corrected chi connectivity index (χ0v) is 14.2. The minimum Gasteiger partial charge on any atom is -0.488 e. The van der Waals surface area contributed by atoms with E-state index >= 15 is 0 Å². The van der Waals surface area contributed by atoms with E-state index in [9.17, 15) is 5.11 Å². The minimum absolute atomic E-state index is 0.103. The molecule has 24 heavy (non-hydrogen) atoms. The maximum absolute atomic E-state index is 10.5. The summed E-state index contributed by atoms with van der Waals surface area (Å²) in [6.45, 7) is 1.44. The van der Waals surface area contributed by atoms with Gasteiger partial charge in [0.15, 0.2) is 0 Å². The molecule has 128 valence electrons. The van der Waals surface area contributed by atoms with Gasteiger partial charge in [0.1, 0.15) is 11.9 Å². The van der Waals surface area contributed by atoms with Gasteiger partial charge in [0.25, 0.3) is 0 Å². The molecule has 2 aromatic rings. The maximum Gasteiger partial charge on any atom is 0.122 e. The number of ether oxygens (including phenoxy) is 2. The summed E-state index contributed by atoms with van der Waals surface area (Å²) in [5.74, 6) is 0.779. The molecule has 0 amide bonds. The summed E-state index contributed by atoms with van der Waals surface area (Å²) >= 11 is 5.88. The first-order valence-corrected chi connectivity index (χ1v) is 8.55. The van der Waals surface area contributed by atoms with Gasteiger partial charge in [0.2, 0.25) is 0 Å². The quantitative estimate of drug-likeness (QED) is 0.866. The molecule has 0 radical (unpaired) electrons. The summed E-state index contributed by atoms with van der Waals surface area (Å²) in [5.41, 5.74) is 7.76. The van der Waals surface area contributed by atoms with Gasteiger partial charge in [-0.3, -0.25) is 0 Å². The van der Waals surface area contributed by atoms with Gasteiger partial charge in [-0.15, -0.1) is 0 Å². The van der Waals surface area contributed by atoms with Gasteiger partial charge in [0, 0.05) is 11.6 Å². The van der Waals surface area contributed by atoms with Gasteiger partial charge in [-0.05, 0) is 48.2 Å². The van der Waals surface area contributed by atoms with Gasteiger partial charge in [-0.2, -0.15) is 0 Å². The largest absolute Gasteiger partial charge is 0.488 e. The van der Waals surface area contributed by atoms with Crippen molar-refractivity contribution in [3.05, 3.63) is 64.7 Å². The molecule has 1 unspecified atom stereocenters. The number of benzene rings is 2. The lowest BCUT2D eigenvalue weighted by molar-refractivity contribution is 0.00740. The molecule has 0 aliphatic carbocycles. The Kier molecular flexibility index (Phi) is 5.74. The molecule has 3 N–H and O–H groups in total. The molecule has 1 aliphatic heterocycles. The van der Waals surface area contributed by atoms with E-state index in [2.05, 4.69) is 0 Å². The fourth-order valence-corrected chi connectivity index (χ4v) is 2.94. The van der Waals surface area contributed by atoms with Gasteiger partial charge >= 0.3 is 0 Å². The van der Waals surface area contributed by atoms with Crippen molar-refractivity contribution in [1.82, 2.24) is 0 Å². The fraction of sp³-hybridized carbons (Fsp3) is 0.368. The van der Waals surface area contributed by atoms with Crippen LogP contribution < -0.4 is 10.5 Å². The first-order valence-electron chi connectivity index (χ1n) is 8.17. The number of nitrogens with two attached hydrogens (primary N) is 1. The van der Waals surface area contributed by atoms with Crippen LogP contribution in [0.2, 0.25) is 5.02 Å². The molecule has 0 saturated carbocycles. The first-order chi connectivity index (χ1) is 11.6. The predicted octanol–water partition coefficient (Wildman–Crippen LogP) is 3.63. The number of aliphatic hydroxyl groups is 1. The third kappa shape index (κ3) is 4.28. The van der Waals surface area contributed by atoms with Crippen LogP contribution in [0.4, 0.5) is 0 Å². The Morgan fingerprint density at radius 1 is 1.08 bits per heavy atom. The van der Waals surface area contributed by atoms with Gasteiger partial charge in [-0.25, -0.2) is 0 Å². The van der Waals surface area contributed by atoms with Crippen molar-refractivity contribution in [3.8, 4) is 5.75 Å². The van der Waals surface area contributed by atoms with Crippen LogP contribution >= 0.6 is 11.6 Å². The molecule has 0 spiro atoms. The highest BCUT2D eigenvalue weighted by Gasteiger charge is 2.19. The minimum atomic E-state index is -0.793. The van der Waals surface area contributed by atoms with Crippen molar-refractivity contribution < 1.29 is 14.6 Å². The number of hydrogen-bond acceptors (Lipinski definition) is 4. The Hall–Kier alpha value is -1.59. The Bertz CT molecular complexity index is 639. The second-order valence-corrected chi connectivity index (χ2v) is 6.48. The standard InChI is InChI=1S/C19H22ClNO3/c20-15-7-3-13(4-8-15)18(21)19(22)14-5-9-16(10-6-14)24-17-2-1-11-23-12-17/h3-10,17-19,22H,1-2,11-12,21H2/t17?,18-,19+/m1/s1. The molecule has 0 aromatic heterocycles. The van der Waals surface area contributed by atoms with Crippen molar-refractivity contribution >= 4 is 11.6 Å². The Morgan fingerprint density at radius 3 is 2.38 bits per heavy atom. The van der Waals surface area contributed by atoms with Crippen LogP contribution in [0.5, 0.6) is 5.75 Å². The second-order valence-electron chi connectivity index (χ2n) is 6.05. The fourth-order valence-electron chi connectivity index (χ4n) is 2.81. The SMILES string of the molecule is N[C@H](c1ccc(Cl)cc1)[C@@H](O)c1ccc(OC2CCCOC2)cc1. The number of halogens is 1. The number of hydrogen-bond donors (Lipinski definition) is 2. The third-order valence-corrected chi connectivity index (χ3v) is 4.49. The molecule has 5 heteroatoms. The Balaban J connectivity index is 1.64. The van der Waals surface area contributed by atoms with Crippen LogP contribution in [0.3, 0.4) is 0 Å². The van der Waals surface area contributed by atoms with E-state index in [0.717, 1.165) is 36.3 Å². The molecule has 1 saturated heterocycles. The van der Waals surface area contributed by atoms with Crippen molar-refractivity contribution in [3.63, 3.8) is 0 Å². The number of rotatable bonds is 5. The van der Waals surface area contributed by atoms with Crippen LogP contribution in [0.15, 0.2) is 48.5 Å². The molecule has 4 nitrogen and oxygen atoms in total. The number of aliphatic hydroxyl groups excluding tert-OH is 1. The lowest BCUT2D eigenvalue weighted by atomic mass is 9.96. The molecular weight excluding hydrogens is 326 g/mol. The first kappa shape index (κ1) is 17.2. The summed E-state index contributed by atoms with van der Waals surface area (Å²) in [4.78, 5) is 0. The zero-order chi connectivity index (χ0) is 16.9. The third-order valence-electron chi connectivity index (χ3n) is 4.24. The van der Waals surface area contributed by atoms with Crippen LogP contribution in [-0.4, -0.2) is 24.4 Å². The normalized spacial score (nSPS) is 20.4. The molecule has 1 fully saturated rings. The Morgan fingerprint density at radius 2 is 1.75 bits per heavy atom. The second kappa shape index (κ2) is 7.99. The average molecular weight is 348 g/mol. The predicted molar refractivity (Wildman–Crippen MR) is 94.3 cm³/mol. The van der Waals surface area contributed by atoms with E-state index in [-0.39, 0.29) is 6.10 Å². The van der Waals surface area contributed by atoms with Crippen LogP contribution in [-0.2, 0) is 4.74 Å². The van der Waals surface area contributed by atoms with Gasteiger partial charge in [0.05, 0.1) is 18.8 Å². The van der Waals surface area contributed by atoms with E-state index in [1.807, 2.05) is 36.4 Å². The Labute approximate surface area is 147 Å². The molecule has 3 atom stereocenters. The highest BCUT2D eigenvalue weighted by Crippen LogP contribution is 2.29. The van der Waals surface area contributed by atoms with E-state index in [4.69, 9.17) is 26.8 Å². The van der Waals surface area contributed by atoms with E-state index in [1.54, 1.807) is 12.1 Å². The monoisotopic (exact) mass is 347 g/mol. The van der Waals surface area contributed by atoms with E-state index in [0.29, 0.717) is 11.6 Å². The molecular formula is C19H22ClNO3. The topological polar surface area (TPSA) is 64.7 Å². The summed E-state index contributed by atoms with van der Waals surface area (Å²) in [5, 5.41) is 11.2. The molecule has 3 rings (SSSR count). The smallest absolute Gasteiger partial charge is 0.122 e. The highest BCUT2D eigenvalue weighted by molar-refractivity contribution is 6.30. The highest BCUT2D eigenvalue weighted by atomic mass is 35.5. The maximum atomic E-state index is 10.5. The lowest BCUT2D eigenvalue weighted by Gasteiger charge is -2.24. The summed E-state index contributed by atoms with van der Waals surface area (Å²) in [7, 11) is 0. The van der Waals surface area contributed by atoms with Gasteiger partial charge < -0.3 is 20.3 Å². The summed E-state index contributed by atoms with van der Waals surface area (Å²) in [6.07, 6.45) is 1.34. The van der Waals surface area contributed by atoms with Crippen molar-refractivity contribution in [2.24, 2.45) is 5.73 Å². The summed E-state index contributed by atoms with van der Waals surface area (Å²) < 4.78 is 11.3. The zero-order valence-electron chi connectivity index (χ0n) is 13.4. The molecule has 2 aromatic carbocycles. The van der Waals surface area contributed by atoms with Crippen LogP contribution in [0, 0.1) is 0 Å². The van der Waals surface area contributed by atoms with Crippen molar-refractivity contribution in [2.75, 3.05) is 13.2 Å². The molecule has 0 bridgehead atoms. The summed E-state index contributed by atoms with van der Waals surface area (Å²) in [6, 6.07) is 14.1. The average Bonchev–Trinajstić information content (AvgIpc) is 2.63. The van der Waals surface area contributed by atoms with E-state index < -0.39 is 12.1 Å². The molecule has 1 aliphatic rings.